The summed E-state index contributed by atoms with van der Waals surface area (Å²) in [7, 11) is 1.48. The van der Waals surface area contributed by atoms with Gasteiger partial charge in [0.2, 0.25) is 5.95 Å². The molecule has 1 aliphatic heterocycles. The van der Waals surface area contributed by atoms with Crippen LogP contribution in [0.5, 0.6) is 0 Å². The lowest BCUT2D eigenvalue weighted by Gasteiger charge is -2.40. The van der Waals surface area contributed by atoms with Crippen LogP contribution in [0.25, 0.3) is 10.2 Å². The zero-order chi connectivity index (χ0) is 23.0. The largest absolute Gasteiger partial charge is 0.365 e. The first kappa shape index (κ1) is 22.2. The third-order valence-corrected chi connectivity index (χ3v) is 6.89. The minimum atomic E-state index is -0.660. The highest BCUT2D eigenvalue weighted by Gasteiger charge is 2.27. The topological polar surface area (TPSA) is 103 Å². The molecule has 2 N–H and O–H groups in total. The van der Waals surface area contributed by atoms with Crippen molar-refractivity contribution in [1.82, 2.24) is 24.8 Å². The number of piperazine rings is 1. The van der Waals surface area contributed by atoms with E-state index in [1.807, 2.05) is 11.0 Å². The Morgan fingerprint density at radius 3 is 2.78 bits per heavy atom. The van der Waals surface area contributed by atoms with E-state index in [0.29, 0.717) is 48.6 Å². The smallest absolute Gasteiger partial charge is 0.328 e. The number of carbonyl (C=O) groups is 1. The van der Waals surface area contributed by atoms with Crippen molar-refractivity contribution in [3.63, 3.8) is 0 Å². The molecular weight excluding hydrogens is 435 g/mol. The Kier molecular flexibility index (Phi) is 6.11. The molecule has 4 rings (SSSR count). The van der Waals surface area contributed by atoms with Crippen molar-refractivity contribution in [2.45, 2.75) is 33.0 Å². The zero-order valence-corrected chi connectivity index (χ0v) is 19.0. The second-order valence-electron chi connectivity index (χ2n) is 7.79. The number of aromatic nitrogens is 3. The number of thiophene rings is 1. The highest BCUT2D eigenvalue weighted by atomic mass is 32.1. The van der Waals surface area contributed by atoms with Gasteiger partial charge in [0.25, 0.3) is 11.5 Å². The summed E-state index contributed by atoms with van der Waals surface area (Å²) in [5.41, 5.74) is 0.340. The van der Waals surface area contributed by atoms with Gasteiger partial charge in [-0.25, -0.2) is 9.78 Å². The first-order chi connectivity index (χ1) is 15.3. The molecule has 0 saturated carbocycles. The summed E-state index contributed by atoms with van der Waals surface area (Å²) in [4.78, 5) is 48.0. The average Bonchev–Trinajstić information content (AvgIpc) is 3.17. The van der Waals surface area contributed by atoms with E-state index >= 15 is 0 Å². The summed E-state index contributed by atoms with van der Waals surface area (Å²) in [6.07, 6.45) is 0. The minimum absolute atomic E-state index is 0.0466. The SMILES string of the molecule is CCn1c(=O)[nH]c2cc(CN3CCN(c4ccc(C(=O)NC)nc4F)CC3C)sc2c1=O. The summed E-state index contributed by atoms with van der Waals surface area (Å²) in [5.74, 6) is -1.09. The van der Waals surface area contributed by atoms with Crippen molar-refractivity contribution in [2.24, 2.45) is 0 Å². The number of anilines is 1. The van der Waals surface area contributed by atoms with E-state index in [4.69, 9.17) is 0 Å². The van der Waals surface area contributed by atoms with Crippen molar-refractivity contribution in [3.8, 4) is 0 Å². The third kappa shape index (κ3) is 4.05. The summed E-state index contributed by atoms with van der Waals surface area (Å²) in [6.45, 7) is 6.69. The molecular formula is C21H25FN6O3S. The summed E-state index contributed by atoms with van der Waals surface area (Å²) in [6, 6.07) is 5.10. The number of rotatable bonds is 5. The number of nitrogens with one attached hydrogen (secondary N) is 2. The predicted molar refractivity (Wildman–Crippen MR) is 122 cm³/mol. The lowest BCUT2D eigenvalue weighted by atomic mass is 10.1. The maximum absolute atomic E-state index is 14.5. The molecule has 9 nitrogen and oxygen atoms in total. The number of aromatic amines is 1. The van der Waals surface area contributed by atoms with Crippen LogP contribution in [0.1, 0.15) is 29.2 Å². The molecule has 0 aromatic carbocycles. The van der Waals surface area contributed by atoms with E-state index in [2.05, 4.69) is 27.1 Å². The predicted octanol–water partition coefficient (Wildman–Crippen LogP) is 1.38. The van der Waals surface area contributed by atoms with Crippen LogP contribution in [-0.4, -0.2) is 58.1 Å². The van der Waals surface area contributed by atoms with Crippen molar-refractivity contribution < 1.29 is 9.18 Å². The van der Waals surface area contributed by atoms with Gasteiger partial charge < -0.3 is 15.2 Å². The zero-order valence-electron chi connectivity index (χ0n) is 18.1. The maximum atomic E-state index is 14.5. The second-order valence-corrected chi connectivity index (χ2v) is 8.92. The van der Waals surface area contributed by atoms with Crippen molar-refractivity contribution in [1.29, 1.82) is 0 Å². The molecule has 1 amide bonds. The Hall–Kier alpha value is -3.05. The number of nitrogens with zero attached hydrogens (tertiary/aromatic N) is 4. The van der Waals surface area contributed by atoms with Gasteiger partial charge in [0, 0.05) is 50.7 Å². The molecule has 1 unspecified atom stereocenters. The fourth-order valence-electron chi connectivity index (χ4n) is 4.02. The third-order valence-electron chi connectivity index (χ3n) is 5.78. The molecule has 1 fully saturated rings. The molecule has 1 aliphatic rings. The van der Waals surface area contributed by atoms with E-state index in [1.54, 1.807) is 13.0 Å². The van der Waals surface area contributed by atoms with Crippen molar-refractivity contribution >= 4 is 33.1 Å². The minimum Gasteiger partial charge on any atom is -0.365 e. The fourth-order valence-corrected chi connectivity index (χ4v) is 5.11. The molecule has 0 bridgehead atoms. The van der Waals surface area contributed by atoms with Gasteiger partial charge in [-0.1, -0.05) is 0 Å². The van der Waals surface area contributed by atoms with Gasteiger partial charge in [0.05, 0.1) is 11.2 Å². The highest BCUT2D eigenvalue weighted by molar-refractivity contribution is 7.18. The van der Waals surface area contributed by atoms with Gasteiger partial charge >= 0.3 is 5.69 Å². The molecule has 4 heterocycles. The number of pyridine rings is 1. The standard InChI is InChI=1S/C21H25FN6O3S/c1-4-28-20(30)17-15(25-21(28)31)9-13(32-17)11-26-7-8-27(10-12(26)2)16-6-5-14(19(29)23-3)24-18(16)22/h5-6,9,12H,4,7-8,10-11H2,1-3H3,(H,23,29)(H,25,31). The first-order valence-electron chi connectivity index (χ1n) is 10.5. The van der Waals surface area contributed by atoms with Crippen LogP contribution in [0.4, 0.5) is 10.1 Å². The molecule has 1 atom stereocenters. The maximum Gasteiger partial charge on any atom is 0.328 e. The lowest BCUT2D eigenvalue weighted by Crippen LogP contribution is -2.51. The van der Waals surface area contributed by atoms with E-state index in [1.165, 1.54) is 29.0 Å². The molecule has 32 heavy (non-hydrogen) atoms. The van der Waals surface area contributed by atoms with E-state index in [9.17, 15) is 18.8 Å². The molecule has 0 spiro atoms. The van der Waals surface area contributed by atoms with E-state index < -0.39 is 17.5 Å². The van der Waals surface area contributed by atoms with Crippen LogP contribution in [-0.2, 0) is 13.1 Å². The summed E-state index contributed by atoms with van der Waals surface area (Å²) in [5, 5.41) is 2.44. The molecule has 1 saturated heterocycles. The summed E-state index contributed by atoms with van der Waals surface area (Å²) < 4.78 is 16.3. The number of hydrogen-bond acceptors (Lipinski definition) is 7. The van der Waals surface area contributed by atoms with Crippen LogP contribution in [0.3, 0.4) is 0 Å². The number of hydrogen-bond donors (Lipinski definition) is 2. The van der Waals surface area contributed by atoms with Crippen LogP contribution >= 0.6 is 11.3 Å². The van der Waals surface area contributed by atoms with E-state index in [0.717, 1.165) is 4.88 Å². The van der Waals surface area contributed by atoms with Crippen LogP contribution in [0.15, 0.2) is 27.8 Å². The summed E-state index contributed by atoms with van der Waals surface area (Å²) >= 11 is 1.40. The molecule has 3 aromatic heterocycles. The fraction of sp³-hybridized carbons (Fsp3) is 0.429. The molecule has 0 aliphatic carbocycles. The molecule has 170 valence electrons. The van der Waals surface area contributed by atoms with Gasteiger partial charge in [-0.2, -0.15) is 4.39 Å². The van der Waals surface area contributed by atoms with Crippen LogP contribution in [0.2, 0.25) is 0 Å². The number of fused-ring (bicyclic) bond motifs is 1. The van der Waals surface area contributed by atoms with Crippen molar-refractivity contribution in [3.05, 3.63) is 55.6 Å². The Morgan fingerprint density at radius 1 is 1.34 bits per heavy atom. The first-order valence-corrected chi connectivity index (χ1v) is 11.3. The van der Waals surface area contributed by atoms with Gasteiger partial charge in [-0.05, 0) is 32.0 Å². The van der Waals surface area contributed by atoms with Gasteiger partial charge in [0.1, 0.15) is 10.4 Å². The average molecular weight is 461 g/mol. The van der Waals surface area contributed by atoms with Gasteiger partial charge in [-0.3, -0.25) is 19.1 Å². The van der Waals surface area contributed by atoms with Crippen LogP contribution in [0, 0.1) is 5.95 Å². The number of halogens is 1. The Balaban J connectivity index is 1.49. The Labute approximate surface area is 187 Å². The quantitative estimate of drug-likeness (QED) is 0.558. The normalized spacial score (nSPS) is 17.1. The number of amides is 1. The van der Waals surface area contributed by atoms with Gasteiger partial charge in [-0.15, -0.1) is 11.3 Å². The Bertz CT molecular complexity index is 1280. The monoisotopic (exact) mass is 460 g/mol. The number of carbonyl (C=O) groups excluding carboxylic acids is 1. The van der Waals surface area contributed by atoms with E-state index in [-0.39, 0.29) is 17.3 Å². The lowest BCUT2D eigenvalue weighted by molar-refractivity contribution is 0.0957. The van der Waals surface area contributed by atoms with Crippen LogP contribution < -0.4 is 21.5 Å². The Morgan fingerprint density at radius 2 is 2.12 bits per heavy atom. The second kappa shape index (κ2) is 8.83. The molecule has 11 heteroatoms. The molecule has 0 radical (unpaired) electrons. The van der Waals surface area contributed by atoms with Crippen molar-refractivity contribution in [2.75, 3.05) is 31.6 Å². The number of H-pyrrole nitrogens is 1. The molecule has 3 aromatic rings. The van der Waals surface area contributed by atoms with Gasteiger partial charge in [0.15, 0.2) is 0 Å². The highest BCUT2D eigenvalue weighted by Crippen LogP contribution is 2.26.